The second-order valence-electron chi connectivity index (χ2n) is 4.95. The Labute approximate surface area is 119 Å². The Morgan fingerprint density at radius 1 is 1.50 bits per heavy atom. The molecule has 5 heteroatoms. The lowest BCUT2D eigenvalue weighted by atomic mass is 10.1. The second kappa shape index (κ2) is 5.89. The van der Waals surface area contributed by atoms with Crippen LogP contribution in [-0.4, -0.2) is 27.5 Å². The van der Waals surface area contributed by atoms with Crippen LogP contribution in [0.2, 0.25) is 0 Å². The molecule has 0 amide bonds. The van der Waals surface area contributed by atoms with Crippen LogP contribution in [0.3, 0.4) is 0 Å². The molecule has 18 heavy (non-hydrogen) atoms. The monoisotopic (exact) mass is 283 g/mol. The van der Waals surface area contributed by atoms with E-state index in [0.717, 1.165) is 29.2 Å². The van der Waals surface area contributed by atoms with Gasteiger partial charge >= 0.3 is 0 Å². The van der Waals surface area contributed by atoms with Gasteiger partial charge in [0, 0.05) is 28.4 Å². The van der Waals surface area contributed by atoms with Crippen molar-refractivity contribution in [1.82, 2.24) is 4.98 Å². The molecule has 1 aromatic heterocycles. The summed E-state index contributed by atoms with van der Waals surface area (Å²) >= 11 is 6.94. The predicted octanol–water partition coefficient (Wildman–Crippen LogP) is 2.89. The molecular weight excluding hydrogens is 262 g/mol. The number of hydrogen-bond donors (Lipinski definition) is 2. The van der Waals surface area contributed by atoms with Gasteiger partial charge in [-0.2, -0.15) is 11.8 Å². The summed E-state index contributed by atoms with van der Waals surface area (Å²) in [4.78, 5) is 4.80. The average Bonchev–Trinajstić information content (AvgIpc) is 2.25. The number of nitrogens with one attached hydrogen (secondary N) is 1. The number of nitrogens with two attached hydrogens (primary N) is 1. The van der Waals surface area contributed by atoms with Gasteiger partial charge in [-0.3, -0.25) is 4.98 Å². The highest BCUT2D eigenvalue weighted by Crippen LogP contribution is 2.24. The molecule has 0 aliphatic rings. The van der Waals surface area contributed by atoms with Crippen molar-refractivity contribution in [2.45, 2.75) is 32.4 Å². The molecule has 3 nitrogen and oxygen atoms in total. The smallest absolute Gasteiger partial charge is 0.107 e. The quantitative estimate of drug-likeness (QED) is 0.814. The van der Waals surface area contributed by atoms with Crippen LogP contribution in [0.5, 0.6) is 0 Å². The van der Waals surface area contributed by atoms with Crippen molar-refractivity contribution >= 4 is 34.7 Å². The number of aryl methyl sites for hydroxylation is 2. The first kappa shape index (κ1) is 15.2. The molecule has 1 rings (SSSR count). The fourth-order valence-corrected chi connectivity index (χ4v) is 2.13. The SMILES string of the molecule is CSC(C)(C)CNc1cc(C)nc(C)c1C(N)=S. The molecule has 0 aromatic carbocycles. The first-order valence-electron chi connectivity index (χ1n) is 5.84. The van der Waals surface area contributed by atoms with Crippen molar-refractivity contribution in [3.8, 4) is 0 Å². The lowest BCUT2D eigenvalue weighted by Gasteiger charge is -2.24. The maximum absolute atomic E-state index is 5.78. The van der Waals surface area contributed by atoms with Crippen LogP contribution in [0.1, 0.15) is 30.8 Å². The van der Waals surface area contributed by atoms with Crippen LogP contribution in [0.15, 0.2) is 6.07 Å². The Kier molecular flexibility index (Phi) is 4.99. The highest BCUT2D eigenvalue weighted by Gasteiger charge is 2.17. The summed E-state index contributed by atoms with van der Waals surface area (Å²) < 4.78 is 0.165. The average molecular weight is 283 g/mol. The van der Waals surface area contributed by atoms with Crippen LogP contribution >= 0.6 is 24.0 Å². The van der Waals surface area contributed by atoms with Crippen LogP contribution in [0.4, 0.5) is 5.69 Å². The number of rotatable bonds is 5. The molecular formula is C13H21N3S2. The third-order valence-electron chi connectivity index (χ3n) is 2.83. The topological polar surface area (TPSA) is 50.9 Å². The van der Waals surface area contributed by atoms with Gasteiger partial charge in [0.05, 0.1) is 5.56 Å². The summed E-state index contributed by atoms with van der Waals surface area (Å²) in [5, 5.41) is 3.44. The van der Waals surface area contributed by atoms with Crippen molar-refractivity contribution in [2.75, 3.05) is 18.1 Å². The molecule has 0 bridgehead atoms. The Bertz CT molecular complexity index is 456. The van der Waals surface area contributed by atoms with Gasteiger partial charge < -0.3 is 11.1 Å². The van der Waals surface area contributed by atoms with E-state index in [-0.39, 0.29) is 4.75 Å². The van der Waals surface area contributed by atoms with Crippen molar-refractivity contribution in [3.05, 3.63) is 23.0 Å². The van der Waals surface area contributed by atoms with E-state index in [0.29, 0.717) is 4.99 Å². The van der Waals surface area contributed by atoms with Crippen molar-refractivity contribution in [3.63, 3.8) is 0 Å². The van der Waals surface area contributed by atoms with Gasteiger partial charge in [-0.05, 0) is 40.0 Å². The zero-order valence-electron chi connectivity index (χ0n) is 11.6. The number of pyridine rings is 1. The first-order chi connectivity index (χ1) is 8.26. The lowest BCUT2D eigenvalue weighted by molar-refractivity contribution is 0.752. The van der Waals surface area contributed by atoms with Gasteiger partial charge in [-0.15, -0.1) is 0 Å². The molecule has 0 aliphatic carbocycles. The number of aromatic nitrogens is 1. The molecule has 0 saturated heterocycles. The minimum absolute atomic E-state index is 0.165. The largest absolute Gasteiger partial charge is 0.389 e. The Balaban J connectivity index is 3.04. The molecule has 0 aliphatic heterocycles. The third kappa shape index (κ3) is 3.85. The molecule has 1 aromatic rings. The van der Waals surface area contributed by atoms with E-state index in [4.69, 9.17) is 18.0 Å². The molecule has 0 fully saturated rings. The number of thioether (sulfide) groups is 1. The molecule has 0 atom stereocenters. The van der Waals surface area contributed by atoms with E-state index in [1.807, 2.05) is 31.7 Å². The Morgan fingerprint density at radius 3 is 2.61 bits per heavy atom. The summed E-state index contributed by atoms with van der Waals surface area (Å²) in [7, 11) is 0. The number of anilines is 1. The van der Waals surface area contributed by atoms with E-state index in [2.05, 4.69) is 30.4 Å². The Morgan fingerprint density at radius 2 is 2.11 bits per heavy atom. The second-order valence-corrected chi connectivity index (χ2v) is 6.91. The molecule has 0 spiro atoms. The van der Waals surface area contributed by atoms with Gasteiger partial charge in [0.1, 0.15) is 4.99 Å². The molecule has 0 saturated carbocycles. The van der Waals surface area contributed by atoms with Crippen molar-refractivity contribution in [1.29, 1.82) is 0 Å². The fraction of sp³-hybridized carbons (Fsp3) is 0.538. The van der Waals surface area contributed by atoms with E-state index >= 15 is 0 Å². The van der Waals surface area contributed by atoms with Crippen LogP contribution < -0.4 is 11.1 Å². The Hall–Kier alpha value is -0.810. The van der Waals surface area contributed by atoms with E-state index in [1.54, 1.807) is 0 Å². The van der Waals surface area contributed by atoms with E-state index in [9.17, 15) is 0 Å². The highest BCUT2D eigenvalue weighted by atomic mass is 32.2. The molecule has 1 heterocycles. The molecule has 100 valence electrons. The van der Waals surface area contributed by atoms with Crippen LogP contribution in [0, 0.1) is 13.8 Å². The third-order valence-corrected chi connectivity index (χ3v) is 4.29. The van der Waals surface area contributed by atoms with Gasteiger partial charge in [-0.1, -0.05) is 12.2 Å². The molecule has 0 unspecified atom stereocenters. The summed E-state index contributed by atoms with van der Waals surface area (Å²) in [5.74, 6) is 0. The normalized spacial score (nSPS) is 11.4. The van der Waals surface area contributed by atoms with E-state index < -0.39 is 0 Å². The summed E-state index contributed by atoms with van der Waals surface area (Å²) in [6, 6.07) is 2.00. The number of thiocarbonyl (C=S) groups is 1. The standard InChI is InChI=1S/C13H21N3S2/c1-8-6-10(15-7-13(3,4)18-5)11(12(14)17)9(2)16-8/h6H,7H2,1-5H3,(H2,14,17)(H,15,16). The number of hydrogen-bond acceptors (Lipinski definition) is 4. The van der Waals surface area contributed by atoms with Gasteiger partial charge in [0.25, 0.3) is 0 Å². The predicted molar refractivity (Wildman–Crippen MR) is 85.7 cm³/mol. The van der Waals surface area contributed by atoms with Crippen LogP contribution in [0.25, 0.3) is 0 Å². The van der Waals surface area contributed by atoms with E-state index in [1.165, 1.54) is 0 Å². The maximum Gasteiger partial charge on any atom is 0.107 e. The molecule has 3 N–H and O–H groups in total. The van der Waals surface area contributed by atoms with Crippen molar-refractivity contribution < 1.29 is 0 Å². The van der Waals surface area contributed by atoms with Gasteiger partial charge in [0.2, 0.25) is 0 Å². The van der Waals surface area contributed by atoms with Crippen LogP contribution in [-0.2, 0) is 0 Å². The highest BCUT2D eigenvalue weighted by molar-refractivity contribution is 7.99. The zero-order chi connectivity index (χ0) is 13.9. The summed E-state index contributed by atoms with van der Waals surface area (Å²) in [6.45, 7) is 9.17. The summed E-state index contributed by atoms with van der Waals surface area (Å²) in [6.07, 6.45) is 2.11. The molecule has 0 radical (unpaired) electrons. The minimum atomic E-state index is 0.165. The van der Waals surface area contributed by atoms with Gasteiger partial charge in [0.15, 0.2) is 0 Å². The number of nitrogens with zero attached hydrogens (tertiary/aromatic N) is 1. The summed E-state index contributed by atoms with van der Waals surface area (Å²) in [5.41, 5.74) is 9.47. The fourth-order valence-electron chi connectivity index (χ4n) is 1.66. The zero-order valence-corrected chi connectivity index (χ0v) is 13.3. The minimum Gasteiger partial charge on any atom is -0.389 e. The lowest BCUT2D eigenvalue weighted by Crippen LogP contribution is -2.27. The van der Waals surface area contributed by atoms with Gasteiger partial charge in [-0.25, -0.2) is 0 Å². The first-order valence-corrected chi connectivity index (χ1v) is 7.47. The maximum atomic E-state index is 5.78. The van der Waals surface area contributed by atoms with Crippen molar-refractivity contribution in [2.24, 2.45) is 5.73 Å².